The third-order valence-corrected chi connectivity index (χ3v) is 3.35. The highest BCUT2D eigenvalue weighted by atomic mass is 32.2. The average molecular weight is 261 g/mol. The zero-order valence-corrected chi connectivity index (χ0v) is 12.0. The number of rotatable bonds is 7. The number of esters is 1. The van der Waals surface area contributed by atoms with Crippen LogP contribution in [0.2, 0.25) is 0 Å². The molecule has 0 fully saturated rings. The molecule has 1 atom stereocenters. The van der Waals surface area contributed by atoms with Crippen molar-refractivity contribution in [2.75, 3.05) is 6.61 Å². The maximum Gasteiger partial charge on any atom is 0.305 e. The van der Waals surface area contributed by atoms with E-state index in [4.69, 9.17) is 4.74 Å². The minimum absolute atomic E-state index is 0.150. The summed E-state index contributed by atoms with van der Waals surface area (Å²) >= 11 is -1.18. The van der Waals surface area contributed by atoms with Crippen molar-refractivity contribution >= 4 is 23.5 Å². The molecule has 0 aliphatic rings. The lowest BCUT2D eigenvalue weighted by Crippen LogP contribution is -2.25. The van der Waals surface area contributed by atoms with Crippen LogP contribution in [0.3, 0.4) is 0 Å². The van der Waals surface area contributed by atoms with E-state index in [0.717, 1.165) is 19.3 Å². The van der Waals surface area contributed by atoms with Crippen molar-refractivity contribution in [1.82, 2.24) is 0 Å². The van der Waals surface area contributed by atoms with Gasteiger partial charge in [-0.1, -0.05) is 4.40 Å². The SMILES string of the molecule is CCOC(=O)CCCC/C=N\[S+]([O-])C(C)(C)C. The summed E-state index contributed by atoms with van der Waals surface area (Å²) in [5.41, 5.74) is 0. The summed E-state index contributed by atoms with van der Waals surface area (Å²) in [5.74, 6) is -0.150. The number of hydrogen-bond donors (Lipinski definition) is 0. The third-order valence-electron chi connectivity index (χ3n) is 1.96. The number of carbonyl (C=O) groups is 1. The van der Waals surface area contributed by atoms with Crippen molar-refractivity contribution in [1.29, 1.82) is 0 Å². The van der Waals surface area contributed by atoms with Crippen LogP contribution in [-0.2, 0) is 20.9 Å². The van der Waals surface area contributed by atoms with Gasteiger partial charge in [0.05, 0.1) is 12.8 Å². The maximum absolute atomic E-state index is 11.5. The van der Waals surface area contributed by atoms with E-state index in [-0.39, 0.29) is 10.7 Å². The van der Waals surface area contributed by atoms with E-state index in [1.54, 1.807) is 13.1 Å². The van der Waals surface area contributed by atoms with Crippen LogP contribution in [0.25, 0.3) is 0 Å². The predicted molar refractivity (Wildman–Crippen MR) is 71.5 cm³/mol. The summed E-state index contributed by atoms with van der Waals surface area (Å²) in [7, 11) is 0. The number of ether oxygens (including phenoxy) is 1. The van der Waals surface area contributed by atoms with Crippen molar-refractivity contribution in [3.63, 3.8) is 0 Å². The second kappa shape index (κ2) is 8.53. The van der Waals surface area contributed by atoms with Crippen LogP contribution in [-0.4, -0.2) is 28.1 Å². The fourth-order valence-electron chi connectivity index (χ4n) is 1.02. The Kier molecular flexibility index (Phi) is 8.25. The Morgan fingerprint density at radius 3 is 2.59 bits per heavy atom. The number of nitrogens with zero attached hydrogens (tertiary/aromatic N) is 1. The largest absolute Gasteiger partial charge is 0.591 e. The van der Waals surface area contributed by atoms with Crippen LogP contribution in [0.1, 0.15) is 53.4 Å². The summed E-state index contributed by atoms with van der Waals surface area (Å²) in [5, 5.41) is 0. The molecule has 0 aliphatic carbocycles. The fraction of sp³-hybridized carbons (Fsp3) is 0.833. The third kappa shape index (κ3) is 9.18. The van der Waals surface area contributed by atoms with Gasteiger partial charge in [0.2, 0.25) is 0 Å². The molecule has 17 heavy (non-hydrogen) atoms. The average Bonchev–Trinajstić information content (AvgIpc) is 2.21. The summed E-state index contributed by atoms with van der Waals surface area (Å²) in [4.78, 5) is 11.0. The van der Waals surface area contributed by atoms with Gasteiger partial charge in [0.25, 0.3) is 0 Å². The topological polar surface area (TPSA) is 61.7 Å². The van der Waals surface area contributed by atoms with Gasteiger partial charge in [0.1, 0.15) is 16.1 Å². The molecule has 5 heteroatoms. The van der Waals surface area contributed by atoms with Gasteiger partial charge in [-0.3, -0.25) is 4.79 Å². The molecule has 4 nitrogen and oxygen atoms in total. The zero-order chi connectivity index (χ0) is 13.3. The van der Waals surface area contributed by atoms with Gasteiger partial charge in [-0.05, 0) is 47.0 Å². The molecule has 0 saturated heterocycles. The van der Waals surface area contributed by atoms with Crippen LogP contribution in [0.15, 0.2) is 4.40 Å². The Labute approximate surface area is 107 Å². The molecule has 1 unspecified atom stereocenters. The normalized spacial score (nSPS) is 13.9. The molecular weight excluding hydrogens is 238 g/mol. The molecular formula is C12H23NO3S. The number of unbranched alkanes of at least 4 members (excludes halogenated alkanes) is 2. The maximum atomic E-state index is 11.5. The van der Waals surface area contributed by atoms with Crippen molar-refractivity contribution in [3.05, 3.63) is 0 Å². The van der Waals surface area contributed by atoms with E-state index in [1.165, 1.54) is 0 Å². The van der Waals surface area contributed by atoms with Crippen molar-refractivity contribution < 1.29 is 14.1 Å². The van der Waals surface area contributed by atoms with Gasteiger partial charge in [-0.2, -0.15) is 0 Å². The van der Waals surface area contributed by atoms with E-state index in [1.807, 2.05) is 20.8 Å². The van der Waals surface area contributed by atoms with Gasteiger partial charge in [-0.15, -0.1) is 0 Å². The molecule has 0 saturated carbocycles. The van der Waals surface area contributed by atoms with Gasteiger partial charge < -0.3 is 9.29 Å². The molecule has 0 aliphatic heterocycles. The Bertz CT molecular complexity index is 249. The lowest BCUT2D eigenvalue weighted by molar-refractivity contribution is -0.143. The quantitative estimate of drug-likeness (QED) is 0.306. The standard InChI is InChI=1S/C12H23NO3S/c1-5-16-11(14)9-7-6-8-10-13-17(15)12(2,3)4/h10H,5-9H2,1-4H3/b13-10-. The summed E-state index contributed by atoms with van der Waals surface area (Å²) in [6.07, 6.45) is 4.54. The number of hydrogen-bond acceptors (Lipinski definition) is 4. The molecule has 0 amide bonds. The Morgan fingerprint density at radius 2 is 2.06 bits per heavy atom. The predicted octanol–water partition coefficient (Wildman–Crippen LogP) is 2.64. The summed E-state index contributed by atoms with van der Waals surface area (Å²) < 4.78 is 20.0. The van der Waals surface area contributed by atoms with E-state index >= 15 is 0 Å². The van der Waals surface area contributed by atoms with E-state index in [0.29, 0.717) is 13.0 Å². The molecule has 0 aromatic carbocycles. The van der Waals surface area contributed by atoms with Gasteiger partial charge in [0, 0.05) is 6.42 Å². The molecule has 0 aromatic heterocycles. The Balaban J connectivity index is 3.58. The molecule has 0 N–H and O–H groups in total. The fourth-order valence-corrected chi connectivity index (χ4v) is 1.57. The highest BCUT2D eigenvalue weighted by Crippen LogP contribution is 2.16. The Morgan fingerprint density at radius 1 is 1.41 bits per heavy atom. The first kappa shape index (κ1) is 16.4. The van der Waals surface area contributed by atoms with E-state index in [9.17, 15) is 9.35 Å². The molecule has 100 valence electrons. The van der Waals surface area contributed by atoms with E-state index in [2.05, 4.69) is 4.40 Å². The first-order chi connectivity index (χ1) is 7.88. The molecule has 0 aromatic rings. The minimum atomic E-state index is -1.18. The van der Waals surface area contributed by atoms with E-state index < -0.39 is 11.4 Å². The first-order valence-corrected chi connectivity index (χ1v) is 7.08. The zero-order valence-electron chi connectivity index (χ0n) is 11.2. The van der Waals surface area contributed by atoms with Crippen LogP contribution in [0.4, 0.5) is 0 Å². The smallest absolute Gasteiger partial charge is 0.305 e. The van der Waals surface area contributed by atoms with Crippen molar-refractivity contribution in [2.45, 2.75) is 58.1 Å². The van der Waals surface area contributed by atoms with Crippen LogP contribution >= 0.6 is 0 Å². The molecule has 0 radical (unpaired) electrons. The highest BCUT2D eigenvalue weighted by molar-refractivity contribution is 7.91. The molecule has 0 heterocycles. The minimum Gasteiger partial charge on any atom is -0.591 e. The van der Waals surface area contributed by atoms with Crippen molar-refractivity contribution in [3.8, 4) is 0 Å². The van der Waals surface area contributed by atoms with Crippen LogP contribution in [0, 0.1) is 0 Å². The molecule has 0 bridgehead atoms. The van der Waals surface area contributed by atoms with Crippen LogP contribution < -0.4 is 0 Å². The van der Waals surface area contributed by atoms with Crippen molar-refractivity contribution in [2.24, 2.45) is 4.40 Å². The molecule has 0 rings (SSSR count). The Hall–Kier alpha value is -0.550. The van der Waals surface area contributed by atoms with Gasteiger partial charge in [-0.25, -0.2) is 0 Å². The second-order valence-corrected chi connectivity index (χ2v) is 6.63. The van der Waals surface area contributed by atoms with Gasteiger partial charge >= 0.3 is 5.97 Å². The lowest BCUT2D eigenvalue weighted by Gasteiger charge is -2.17. The lowest BCUT2D eigenvalue weighted by atomic mass is 10.2. The summed E-state index contributed by atoms with van der Waals surface area (Å²) in [6.45, 7) is 7.90. The molecule has 0 spiro atoms. The summed E-state index contributed by atoms with van der Waals surface area (Å²) in [6, 6.07) is 0. The van der Waals surface area contributed by atoms with Crippen LogP contribution in [0.5, 0.6) is 0 Å². The second-order valence-electron chi connectivity index (χ2n) is 4.70. The highest BCUT2D eigenvalue weighted by Gasteiger charge is 2.25. The number of carbonyl (C=O) groups excluding carboxylic acids is 1. The van der Waals surface area contributed by atoms with Gasteiger partial charge in [0.15, 0.2) is 0 Å². The first-order valence-electron chi connectivity index (χ1n) is 5.98. The monoisotopic (exact) mass is 261 g/mol.